The number of likely N-dealkylation sites (tertiary alicyclic amines) is 1. The minimum atomic E-state index is -3.49. The monoisotopic (exact) mass is 293 g/mol. The smallest absolute Gasteiger partial charge is 0.311 e. The van der Waals surface area contributed by atoms with Gasteiger partial charge in [-0.2, -0.15) is 8.42 Å². The first-order valence-electron chi connectivity index (χ1n) is 7.07. The lowest BCUT2D eigenvalue weighted by Gasteiger charge is -2.34. The number of nitrogens with zero attached hydrogens (tertiary/aromatic N) is 1. The molecule has 108 valence electrons. The number of hydrogen-bond donors (Lipinski definition) is 0. The number of piperidine rings is 1. The molecule has 1 atom stereocenters. The van der Waals surface area contributed by atoms with Gasteiger partial charge in [0.15, 0.2) is 0 Å². The SMILES string of the molecule is O=S1(=O)CC(N2CCCCC2)C=C(c2ccccc2)O1. The Morgan fingerprint density at radius 1 is 1.05 bits per heavy atom. The van der Waals surface area contributed by atoms with Crippen molar-refractivity contribution in [2.24, 2.45) is 0 Å². The molecule has 2 aliphatic heterocycles. The summed E-state index contributed by atoms with van der Waals surface area (Å²) in [6.07, 6.45) is 5.49. The van der Waals surface area contributed by atoms with Crippen LogP contribution in [0, 0.1) is 0 Å². The molecule has 0 spiro atoms. The molecule has 1 saturated heterocycles. The van der Waals surface area contributed by atoms with Gasteiger partial charge in [-0.1, -0.05) is 36.8 Å². The third kappa shape index (κ3) is 3.04. The van der Waals surface area contributed by atoms with Gasteiger partial charge in [0.05, 0.1) is 0 Å². The van der Waals surface area contributed by atoms with Crippen LogP contribution in [0.5, 0.6) is 0 Å². The largest absolute Gasteiger partial charge is 0.382 e. The van der Waals surface area contributed by atoms with E-state index in [9.17, 15) is 8.42 Å². The average molecular weight is 293 g/mol. The zero-order chi connectivity index (χ0) is 14.0. The molecule has 5 heteroatoms. The Morgan fingerprint density at radius 3 is 2.45 bits per heavy atom. The van der Waals surface area contributed by atoms with Crippen LogP contribution in [0.15, 0.2) is 36.4 Å². The second-order valence-electron chi connectivity index (χ2n) is 5.37. The Morgan fingerprint density at radius 2 is 1.75 bits per heavy atom. The molecule has 0 aromatic heterocycles. The van der Waals surface area contributed by atoms with Gasteiger partial charge in [0.2, 0.25) is 0 Å². The van der Waals surface area contributed by atoms with Crippen molar-refractivity contribution in [2.45, 2.75) is 25.3 Å². The molecule has 0 saturated carbocycles. The zero-order valence-corrected chi connectivity index (χ0v) is 12.2. The van der Waals surface area contributed by atoms with E-state index in [1.807, 2.05) is 36.4 Å². The van der Waals surface area contributed by atoms with Crippen LogP contribution in [0.25, 0.3) is 5.76 Å². The predicted molar refractivity (Wildman–Crippen MR) is 78.5 cm³/mol. The molecule has 0 amide bonds. The van der Waals surface area contributed by atoms with Crippen LogP contribution in [0.4, 0.5) is 0 Å². The van der Waals surface area contributed by atoms with Gasteiger partial charge in [-0.3, -0.25) is 4.90 Å². The first-order chi connectivity index (χ1) is 9.64. The Kier molecular flexibility index (Phi) is 3.81. The third-order valence-electron chi connectivity index (χ3n) is 3.85. The lowest BCUT2D eigenvalue weighted by atomic mass is 10.1. The Balaban J connectivity index is 1.90. The first-order valence-corrected chi connectivity index (χ1v) is 8.65. The van der Waals surface area contributed by atoms with E-state index in [0.29, 0.717) is 5.76 Å². The van der Waals surface area contributed by atoms with Crippen LogP contribution < -0.4 is 0 Å². The summed E-state index contributed by atoms with van der Waals surface area (Å²) in [6, 6.07) is 9.36. The molecule has 2 aliphatic rings. The van der Waals surface area contributed by atoms with Gasteiger partial charge in [-0.25, -0.2) is 0 Å². The van der Waals surface area contributed by atoms with Crippen LogP contribution in [0.2, 0.25) is 0 Å². The van der Waals surface area contributed by atoms with Gasteiger partial charge in [0.25, 0.3) is 0 Å². The van der Waals surface area contributed by atoms with Gasteiger partial charge < -0.3 is 4.18 Å². The Bertz CT molecular complexity index is 589. The second-order valence-corrected chi connectivity index (χ2v) is 6.98. The van der Waals surface area contributed by atoms with E-state index in [-0.39, 0.29) is 11.8 Å². The van der Waals surface area contributed by atoms with Crippen molar-refractivity contribution in [1.29, 1.82) is 0 Å². The summed E-state index contributed by atoms with van der Waals surface area (Å²) in [4.78, 5) is 2.26. The van der Waals surface area contributed by atoms with Crippen molar-refractivity contribution < 1.29 is 12.6 Å². The fourth-order valence-corrected chi connectivity index (χ4v) is 4.06. The highest BCUT2D eigenvalue weighted by atomic mass is 32.2. The molecule has 0 bridgehead atoms. The molecule has 4 nitrogen and oxygen atoms in total. The molecule has 0 N–H and O–H groups in total. The lowest BCUT2D eigenvalue weighted by Crippen LogP contribution is -2.44. The van der Waals surface area contributed by atoms with Crippen LogP contribution in [0.1, 0.15) is 24.8 Å². The Labute approximate surface area is 120 Å². The molecule has 1 aromatic rings. The normalized spacial score (nSPS) is 26.6. The standard InChI is InChI=1S/C15H19NO3S/c17-20(18)12-14(16-9-5-2-6-10-16)11-15(19-20)13-7-3-1-4-8-13/h1,3-4,7-8,11,14H,2,5-6,9-10,12H2. The van der Waals surface area contributed by atoms with Crippen molar-refractivity contribution in [1.82, 2.24) is 4.90 Å². The average Bonchev–Trinajstić information content (AvgIpc) is 2.47. The summed E-state index contributed by atoms with van der Waals surface area (Å²) in [5.41, 5.74) is 0.817. The van der Waals surface area contributed by atoms with E-state index in [2.05, 4.69) is 4.90 Å². The molecule has 0 aliphatic carbocycles. The van der Waals surface area contributed by atoms with Crippen LogP contribution >= 0.6 is 0 Å². The molecular weight excluding hydrogens is 274 g/mol. The summed E-state index contributed by atoms with van der Waals surface area (Å²) >= 11 is 0. The summed E-state index contributed by atoms with van der Waals surface area (Å²) in [7, 11) is -3.49. The van der Waals surface area contributed by atoms with Gasteiger partial charge in [-0.15, -0.1) is 0 Å². The molecule has 1 aromatic carbocycles. The highest BCUT2D eigenvalue weighted by molar-refractivity contribution is 7.87. The molecule has 3 rings (SSSR count). The number of rotatable bonds is 2. The van der Waals surface area contributed by atoms with Crippen molar-refractivity contribution >= 4 is 15.9 Å². The fraction of sp³-hybridized carbons (Fsp3) is 0.467. The van der Waals surface area contributed by atoms with Crippen LogP contribution in [0.3, 0.4) is 0 Å². The number of benzene rings is 1. The van der Waals surface area contributed by atoms with E-state index in [4.69, 9.17) is 4.18 Å². The first kappa shape index (κ1) is 13.6. The zero-order valence-electron chi connectivity index (χ0n) is 11.4. The van der Waals surface area contributed by atoms with Crippen molar-refractivity contribution in [3.63, 3.8) is 0 Å². The second kappa shape index (κ2) is 5.58. The van der Waals surface area contributed by atoms with E-state index in [1.54, 1.807) is 0 Å². The Hall–Kier alpha value is -1.33. The summed E-state index contributed by atoms with van der Waals surface area (Å²) in [5.74, 6) is 0.524. The minimum Gasteiger partial charge on any atom is -0.382 e. The van der Waals surface area contributed by atoms with E-state index in [1.165, 1.54) is 6.42 Å². The van der Waals surface area contributed by atoms with E-state index >= 15 is 0 Å². The fourth-order valence-electron chi connectivity index (χ4n) is 2.84. The third-order valence-corrected chi connectivity index (χ3v) is 5.04. The quantitative estimate of drug-likeness (QED) is 0.785. The summed E-state index contributed by atoms with van der Waals surface area (Å²) < 4.78 is 29.2. The minimum absolute atomic E-state index is 0.0589. The highest BCUT2D eigenvalue weighted by Gasteiger charge is 2.31. The van der Waals surface area contributed by atoms with Crippen molar-refractivity contribution in [2.75, 3.05) is 18.8 Å². The maximum Gasteiger partial charge on any atom is 0.311 e. The molecular formula is C15H19NO3S. The van der Waals surface area contributed by atoms with Crippen LogP contribution in [-0.2, 0) is 14.3 Å². The van der Waals surface area contributed by atoms with E-state index in [0.717, 1.165) is 31.5 Å². The molecule has 2 heterocycles. The van der Waals surface area contributed by atoms with Gasteiger partial charge in [0.1, 0.15) is 11.5 Å². The topological polar surface area (TPSA) is 46.6 Å². The molecule has 20 heavy (non-hydrogen) atoms. The lowest BCUT2D eigenvalue weighted by molar-refractivity contribution is 0.197. The number of hydrogen-bond acceptors (Lipinski definition) is 4. The maximum absolute atomic E-state index is 12.0. The summed E-state index contributed by atoms with van der Waals surface area (Å²) in [5, 5.41) is 0. The van der Waals surface area contributed by atoms with E-state index < -0.39 is 10.1 Å². The van der Waals surface area contributed by atoms with Crippen molar-refractivity contribution in [3.8, 4) is 0 Å². The van der Waals surface area contributed by atoms with Gasteiger partial charge >= 0.3 is 10.1 Å². The molecule has 1 fully saturated rings. The maximum atomic E-state index is 12.0. The van der Waals surface area contributed by atoms with Gasteiger partial charge in [0, 0.05) is 11.6 Å². The highest BCUT2D eigenvalue weighted by Crippen LogP contribution is 2.27. The molecule has 1 unspecified atom stereocenters. The summed E-state index contributed by atoms with van der Waals surface area (Å²) in [6.45, 7) is 1.94. The van der Waals surface area contributed by atoms with Gasteiger partial charge in [-0.05, 0) is 32.0 Å². The molecule has 0 radical (unpaired) electrons. The predicted octanol–water partition coefficient (Wildman–Crippen LogP) is 2.24. The van der Waals surface area contributed by atoms with Crippen molar-refractivity contribution in [3.05, 3.63) is 42.0 Å². The van der Waals surface area contributed by atoms with Crippen LogP contribution in [-0.4, -0.2) is 38.2 Å².